The molecule has 3 heteroatoms. The number of alkyl carbamates (subject to hydrolysis) is 1. The molecule has 2 aromatic rings. The minimum Gasteiger partial charge on any atom is -0.445 e. The van der Waals surface area contributed by atoms with Crippen LogP contribution in [0.5, 0.6) is 0 Å². The third-order valence-corrected chi connectivity index (χ3v) is 2.99. The van der Waals surface area contributed by atoms with Crippen molar-refractivity contribution >= 4 is 6.09 Å². The minimum absolute atomic E-state index is 0.231. The van der Waals surface area contributed by atoms with Crippen LogP contribution in [-0.4, -0.2) is 12.1 Å². The number of hydrogen-bond donors (Lipinski definition) is 1. The van der Waals surface area contributed by atoms with E-state index >= 15 is 0 Å². The van der Waals surface area contributed by atoms with Gasteiger partial charge in [-0.3, -0.25) is 0 Å². The highest BCUT2D eigenvalue weighted by Gasteiger charge is 2.11. The van der Waals surface area contributed by atoms with Crippen molar-refractivity contribution in [3.05, 3.63) is 71.8 Å². The van der Waals surface area contributed by atoms with Crippen molar-refractivity contribution in [3.63, 3.8) is 0 Å². The monoisotopic (exact) mass is 279 g/mol. The smallest absolute Gasteiger partial charge is 0.408 e. The highest BCUT2D eigenvalue weighted by molar-refractivity contribution is 5.68. The van der Waals surface area contributed by atoms with Crippen LogP contribution >= 0.6 is 0 Å². The molecule has 0 aliphatic rings. The van der Waals surface area contributed by atoms with E-state index in [0.717, 1.165) is 11.1 Å². The van der Waals surface area contributed by atoms with E-state index in [4.69, 9.17) is 11.2 Å². The summed E-state index contributed by atoms with van der Waals surface area (Å²) in [4.78, 5) is 11.7. The number of hydrogen-bond acceptors (Lipinski definition) is 2. The number of terminal acetylenes is 1. The summed E-state index contributed by atoms with van der Waals surface area (Å²) in [5, 5.41) is 2.69. The van der Waals surface area contributed by atoms with Crippen molar-refractivity contribution in [1.29, 1.82) is 0 Å². The Balaban J connectivity index is 1.81. The van der Waals surface area contributed by atoms with Crippen molar-refractivity contribution in [2.45, 2.75) is 19.1 Å². The van der Waals surface area contributed by atoms with Crippen molar-refractivity contribution in [3.8, 4) is 12.3 Å². The highest BCUT2D eigenvalue weighted by Crippen LogP contribution is 2.04. The maximum absolute atomic E-state index is 11.7. The second-order valence-corrected chi connectivity index (χ2v) is 4.62. The Morgan fingerprint density at radius 1 is 1.05 bits per heavy atom. The molecule has 0 aliphatic heterocycles. The largest absolute Gasteiger partial charge is 0.445 e. The molecule has 0 saturated carbocycles. The highest BCUT2D eigenvalue weighted by atomic mass is 16.5. The predicted octanol–water partition coefficient (Wildman–Crippen LogP) is 3.16. The molecule has 1 amide bonds. The summed E-state index contributed by atoms with van der Waals surface area (Å²) in [5.41, 5.74) is 2.01. The van der Waals surface area contributed by atoms with Crippen molar-refractivity contribution < 1.29 is 9.53 Å². The summed E-state index contributed by atoms with van der Waals surface area (Å²) in [6.45, 7) is 0.231. The summed E-state index contributed by atoms with van der Waals surface area (Å²) < 4.78 is 5.15. The molecule has 2 rings (SSSR count). The first kappa shape index (κ1) is 14.7. The number of carbonyl (C=O) groups excluding carboxylic acids is 1. The molecule has 0 spiro atoms. The van der Waals surface area contributed by atoms with Gasteiger partial charge < -0.3 is 10.1 Å². The lowest BCUT2D eigenvalue weighted by Crippen LogP contribution is -2.35. The number of nitrogens with one attached hydrogen (secondary N) is 1. The molecule has 106 valence electrons. The molecular formula is C18H17NO2. The maximum atomic E-state index is 11.7. The zero-order chi connectivity index (χ0) is 14.9. The lowest BCUT2D eigenvalue weighted by molar-refractivity contribution is 0.138. The SMILES string of the molecule is C#C[C@@H](Cc1ccccc1)NC(=O)OCc1ccccc1. The third kappa shape index (κ3) is 5.04. The number of rotatable bonds is 5. The van der Waals surface area contributed by atoms with Crippen LogP contribution in [0.25, 0.3) is 0 Å². The van der Waals surface area contributed by atoms with Crippen LogP contribution in [-0.2, 0) is 17.8 Å². The molecule has 0 radical (unpaired) electrons. The zero-order valence-electron chi connectivity index (χ0n) is 11.7. The molecule has 0 heterocycles. The number of benzene rings is 2. The average Bonchev–Trinajstić information content (AvgIpc) is 2.54. The van der Waals surface area contributed by atoms with E-state index in [0.29, 0.717) is 6.42 Å². The number of carbonyl (C=O) groups is 1. The van der Waals surface area contributed by atoms with Gasteiger partial charge in [0.15, 0.2) is 0 Å². The maximum Gasteiger partial charge on any atom is 0.408 e. The van der Waals surface area contributed by atoms with Crippen molar-refractivity contribution in [2.75, 3.05) is 0 Å². The molecule has 0 aliphatic carbocycles. The molecule has 0 unspecified atom stereocenters. The Kier molecular flexibility index (Phi) is 5.42. The van der Waals surface area contributed by atoms with Crippen LogP contribution in [0.4, 0.5) is 4.79 Å². The van der Waals surface area contributed by atoms with Gasteiger partial charge in [-0.1, -0.05) is 66.6 Å². The molecule has 2 aromatic carbocycles. The van der Waals surface area contributed by atoms with E-state index in [9.17, 15) is 4.79 Å². The molecule has 1 N–H and O–H groups in total. The number of amides is 1. The molecule has 21 heavy (non-hydrogen) atoms. The Morgan fingerprint density at radius 2 is 1.62 bits per heavy atom. The first-order valence-electron chi connectivity index (χ1n) is 6.75. The summed E-state index contributed by atoms with van der Waals surface area (Å²) in [5.74, 6) is 2.57. The van der Waals surface area contributed by atoms with Gasteiger partial charge in [0.25, 0.3) is 0 Å². The van der Waals surface area contributed by atoms with E-state index in [1.54, 1.807) is 0 Å². The van der Waals surface area contributed by atoms with E-state index in [-0.39, 0.29) is 12.6 Å². The Hall–Kier alpha value is -2.73. The van der Waals surface area contributed by atoms with Gasteiger partial charge in [-0.15, -0.1) is 6.42 Å². The fourth-order valence-electron chi connectivity index (χ4n) is 1.91. The third-order valence-electron chi connectivity index (χ3n) is 2.99. The Bertz CT molecular complexity index is 602. The summed E-state index contributed by atoms with van der Waals surface area (Å²) in [6, 6.07) is 18.9. The van der Waals surface area contributed by atoms with E-state index < -0.39 is 6.09 Å². The lowest BCUT2D eigenvalue weighted by Gasteiger charge is -2.13. The average molecular weight is 279 g/mol. The standard InChI is InChI=1S/C18H17NO2/c1-2-17(13-15-9-5-3-6-10-15)19-18(20)21-14-16-11-7-4-8-12-16/h1,3-12,17H,13-14H2,(H,19,20)/t17-/m0/s1. The van der Waals surface area contributed by atoms with E-state index in [1.807, 2.05) is 60.7 Å². The fourth-order valence-corrected chi connectivity index (χ4v) is 1.91. The predicted molar refractivity (Wildman–Crippen MR) is 82.5 cm³/mol. The molecule has 0 saturated heterocycles. The van der Waals surface area contributed by atoms with Gasteiger partial charge in [-0.2, -0.15) is 0 Å². The van der Waals surface area contributed by atoms with Crippen LogP contribution in [0.1, 0.15) is 11.1 Å². The van der Waals surface area contributed by atoms with Crippen LogP contribution < -0.4 is 5.32 Å². The van der Waals surface area contributed by atoms with Gasteiger partial charge in [-0.25, -0.2) is 4.79 Å². The van der Waals surface area contributed by atoms with Crippen LogP contribution in [0, 0.1) is 12.3 Å². The molecule has 0 aromatic heterocycles. The van der Waals surface area contributed by atoms with Crippen molar-refractivity contribution in [2.24, 2.45) is 0 Å². The topological polar surface area (TPSA) is 38.3 Å². The normalized spacial score (nSPS) is 11.2. The molecule has 0 fully saturated rings. The summed E-state index contributed by atoms with van der Waals surface area (Å²) in [7, 11) is 0. The Morgan fingerprint density at radius 3 is 2.19 bits per heavy atom. The van der Waals surface area contributed by atoms with Gasteiger partial charge in [0, 0.05) is 6.42 Å². The second-order valence-electron chi connectivity index (χ2n) is 4.62. The van der Waals surface area contributed by atoms with Gasteiger partial charge >= 0.3 is 6.09 Å². The molecule has 0 bridgehead atoms. The van der Waals surface area contributed by atoms with E-state index in [1.165, 1.54) is 0 Å². The summed E-state index contributed by atoms with van der Waals surface area (Å²) in [6.07, 6.45) is 5.53. The zero-order valence-corrected chi connectivity index (χ0v) is 11.7. The molecular weight excluding hydrogens is 262 g/mol. The number of ether oxygens (including phenoxy) is 1. The van der Waals surface area contributed by atoms with E-state index in [2.05, 4.69) is 11.2 Å². The van der Waals surface area contributed by atoms with Crippen molar-refractivity contribution in [1.82, 2.24) is 5.32 Å². The first-order valence-corrected chi connectivity index (χ1v) is 6.75. The minimum atomic E-state index is -0.502. The van der Waals surface area contributed by atoms with Gasteiger partial charge in [0.1, 0.15) is 6.61 Å². The molecule has 3 nitrogen and oxygen atoms in total. The quantitative estimate of drug-likeness (QED) is 0.854. The first-order chi connectivity index (χ1) is 10.3. The molecule has 1 atom stereocenters. The second kappa shape index (κ2) is 7.76. The lowest BCUT2D eigenvalue weighted by atomic mass is 10.1. The summed E-state index contributed by atoms with van der Waals surface area (Å²) >= 11 is 0. The van der Waals surface area contributed by atoms with Gasteiger partial charge in [0.05, 0.1) is 6.04 Å². The van der Waals surface area contributed by atoms with Crippen LogP contribution in [0.15, 0.2) is 60.7 Å². The van der Waals surface area contributed by atoms with Gasteiger partial charge in [0.2, 0.25) is 0 Å². The van der Waals surface area contributed by atoms with Gasteiger partial charge in [-0.05, 0) is 11.1 Å². The van der Waals surface area contributed by atoms with Crippen LogP contribution in [0.3, 0.4) is 0 Å². The van der Waals surface area contributed by atoms with Crippen LogP contribution in [0.2, 0.25) is 0 Å². The Labute approximate surface area is 125 Å². The fraction of sp³-hybridized carbons (Fsp3) is 0.167.